The van der Waals surface area contributed by atoms with Gasteiger partial charge in [0, 0.05) is 9.92 Å². The molecule has 0 aliphatic rings. The van der Waals surface area contributed by atoms with Gasteiger partial charge < -0.3 is 9.84 Å². The van der Waals surface area contributed by atoms with E-state index in [0.29, 0.717) is 17.1 Å². The van der Waals surface area contributed by atoms with Crippen molar-refractivity contribution in [1.82, 2.24) is 0 Å². The molecule has 2 atom stereocenters. The molecule has 0 aliphatic heterocycles. The highest BCUT2D eigenvalue weighted by Gasteiger charge is 2.25. The first-order valence-electron chi connectivity index (χ1n) is 8.53. The third-order valence-corrected chi connectivity index (χ3v) is 6.11. The van der Waals surface area contributed by atoms with Crippen molar-refractivity contribution < 1.29 is 18.8 Å². The summed E-state index contributed by atoms with van der Waals surface area (Å²) in [5.41, 5.74) is 1.21. The molecule has 0 aliphatic carbocycles. The van der Waals surface area contributed by atoms with Crippen molar-refractivity contribution >= 4 is 28.4 Å². The molecule has 2 aromatic carbocycles. The van der Waals surface area contributed by atoms with Gasteiger partial charge in [-0.05, 0) is 61.2 Å². The van der Waals surface area contributed by atoms with Crippen molar-refractivity contribution in [2.24, 2.45) is 0 Å². The van der Waals surface area contributed by atoms with Crippen LogP contribution >= 0.6 is 11.6 Å². The molecule has 0 heterocycles. The van der Waals surface area contributed by atoms with E-state index < -0.39 is 22.0 Å². The van der Waals surface area contributed by atoms with Crippen LogP contribution < -0.4 is 4.74 Å². The summed E-state index contributed by atoms with van der Waals surface area (Å²) in [5, 5.41) is 9.27. The largest absolute Gasteiger partial charge is 0.497 e. The first kappa shape index (κ1) is 20.5. The number of benzene rings is 2. The van der Waals surface area contributed by atoms with Gasteiger partial charge in [0.2, 0.25) is 0 Å². The lowest BCUT2D eigenvalue weighted by Crippen LogP contribution is -2.25. The Kier molecular flexibility index (Phi) is 8.13. The number of carboxylic acid groups (broad SMARTS) is 1. The predicted octanol–water partition coefficient (Wildman–Crippen LogP) is 4.71. The number of carboxylic acids is 1. The Bertz CT molecular complexity index is 728. The quantitative estimate of drug-likeness (QED) is 0.592. The summed E-state index contributed by atoms with van der Waals surface area (Å²) in [6.45, 7) is 0. The molecule has 2 aromatic rings. The van der Waals surface area contributed by atoms with Crippen LogP contribution in [0.25, 0.3) is 0 Å². The third kappa shape index (κ3) is 6.15. The van der Waals surface area contributed by atoms with E-state index in [4.69, 9.17) is 16.3 Å². The second-order valence-corrected chi connectivity index (χ2v) is 8.10. The Balaban J connectivity index is 1.82. The Hall–Kier alpha value is -1.85. The molecule has 0 radical (unpaired) electrons. The molecule has 26 heavy (non-hydrogen) atoms. The van der Waals surface area contributed by atoms with Crippen LogP contribution in [0.4, 0.5) is 0 Å². The van der Waals surface area contributed by atoms with Gasteiger partial charge in [0.15, 0.2) is 0 Å². The summed E-state index contributed by atoms with van der Waals surface area (Å²) in [6, 6.07) is 14.4. The molecule has 0 spiro atoms. The zero-order valence-corrected chi connectivity index (χ0v) is 16.3. The van der Waals surface area contributed by atoms with E-state index in [-0.39, 0.29) is 0 Å². The van der Waals surface area contributed by atoms with Gasteiger partial charge in [-0.25, -0.2) is 0 Å². The van der Waals surface area contributed by atoms with Gasteiger partial charge in [-0.2, -0.15) is 0 Å². The maximum Gasteiger partial charge on any atom is 0.319 e. The molecule has 0 saturated carbocycles. The monoisotopic (exact) mass is 394 g/mol. The predicted molar refractivity (Wildman–Crippen MR) is 104 cm³/mol. The van der Waals surface area contributed by atoms with E-state index in [0.717, 1.165) is 30.7 Å². The zero-order chi connectivity index (χ0) is 18.9. The number of halogens is 1. The van der Waals surface area contributed by atoms with Crippen LogP contribution in [0.1, 0.15) is 31.2 Å². The second kappa shape index (κ2) is 10.3. The van der Waals surface area contributed by atoms with Gasteiger partial charge in [-0.15, -0.1) is 0 Å². The zero-order valence-electron chi connectivity index (χ0n) is 14.7. The van der Waals surface area contributed by atoms with Crippen molar-refractivity contribution in [3.63, 3.8) is 0 Å². The molecule has 0 aromatic heterocycles. The highest BCUT2D eigenvalue weighted by atomic mass is 35.5. The fourth-order valence-corrected chi connectivity index (χ4v) is 4.11. The molecular weight excluding hydrogens is 372 g/mol. The summed E-state index contributed by atoms with van der Waals surface area (Å²) in [6.07, 6.45) is 3.91. The van der Waals surface area contributed by atoms with Crippen molar-refractivity contribution in [1.29, 1.82) is 0 Å². The van der Waals surface area contributed by atoms with Crippen LogP contribution in [0.5, 0.6) is 5.75 Å². The van der Waals surface area contributed by atoms with E-state index in [1.807, 2.05) is 24.3 Å². The molecule has 0 bridgehead atoms. The standard InChI is InChI=1S/C20H23ClO4S/c1-25-17-11-13-18(14-12-17)26(24)19(20(22)23)6-4-2-3-5-15-7-9-16(21)10-8-15/h7-14,19H,2-6H2,1H3,(H,22,23). The number of rotatable bonds is 10. The van der Waals surface area contributed by atoms with Gasteiger partial charge >= 0.3 is 5.97 Å². The van der Waals surface area contributed by atoms with Gasteiger partial charge in [0.1, 0.15) is 11.0 Å². The van der Waals surface area contributed by atoms with Crippen LogP contribution in [-0.2, 0) is 22.0 Å². The number of ether oxygens (including phenoxy) is 1. The first-order chi connectivity index (χ1) is 12.5. The molecule has 2 rings (SSSR count). The number of carbonyl (C=O) groups is 1. The smallest absolute Gasteiger partial charge is 0.319 e. The molecule has 1 N–H and O–H groups in total. The van der Waals surface area contributed by atoms with E-state index in [1.165, 1.54) is 5.56 Å². The highest BCUT2D eigenvalue weighted by molar-refractivity contribution is 7.86. The molecule has 0 saturated heterocycles. The molecular formula is C20H23ClO4S. The van der Waals surface area contributed by atoms with Crippen molar-refractivity contribution in [3.05, 3.63) is 59.1 Å². The number of methoxy groups -OCH3 is 1. The number of hydrogen-bond donors (Lipinski definition) is 1. The van der Waals surface area contributed by atoms with Crippen LogP contribution in [0.3, 0.4) is 0 Å². The molecule has 0 fully saturated rings. The normalized spacial score (nSPS) is 13.2. The lowest BCUT2D eigenvalue weighted by atomic mass is 10.1. The van der Waals surface area contributed by atoms with Gasteiger partial charge in [-0.1, -0.05) is 36.6 Å². The number of aryl methyl sites for hydroxylation is 1. The fraction of sp³-hybridized carbons (Fsp3) is 0.350. The van der Waals surface area contributed by atoms with Crippen molar-refractivity contribution in [2.75, 3.05) is 7.11 Å². The van der Waals surface area contributed by atoms with Gasteiger partial charge in [0.05, 0.1) is 17.9 Å². The average Bonchev–Trinajstić information content (AvgIpc) is 2.65. The maximum atomic E-state index is 12.6. The SMILES string of the molecule is COc1ccc(S(=O)C(CCCCCc2ccc(Cl)cc2)C(=O)O)cc1. The van der Waals surface area contributed by atoms with Crippen LogP contribution in [0, 0.1) is 0 Å². The topological polar surface area (TPSA) is 63.6 Å². The Labute approximate surface area is 161 Å². The Morgan fingerprint density at radius 3 is 2.31 bits per heavy atom. The Morgan fingerprint density at radius 1 is 1.08 bits per heavy atom. The summed E-state index contributed by atoms with van der Waals surface area (Å²) < 4.78 is 17.6. The molecule has 4 nitrogen and oxygen atoms in total. The van der Waals surface area contributed by atoms with Crippen molar-refractivity contribution in [2.45, 2.75) is 42.2 Å². The van der Waals surface area contributed by atoms with Gasteiger partial charge in [0.25, 0.3) is 0 Å². The van der Waals surface area contributed by atoms with Crippen LogP contribution in [0.15, 0.2) is 53.4 Å². The van der Waals surface area contributed by atoms with E-state index in [2.05, 4.69) is 0 Å². The summed E-state index contributed by atoms with van der Waals surface area (Å²) in [7, 11) is -0.0237. The minimum atomic E-state index is -1.58. The van der Waals surface area contributed by atoms with Crippen LogP contribution in [-0.4, -0.2) is 27.6 Å². The minimum Gasteiger partial charge on any atom is -0.497 e. The summed E-state index contributed by atoms with van der Waals surface area (Å²) >= 11 is 5.87. The minimum absolute atomic E-state index is 0.397. The highest BCUT2D eigenvalue weighted by Crippen LogP contribution is 2.20. The molecule has 0 amide bonds. The van der Waals surface area contributed by atoms with E-state index >= 15 is 0 Å². The molecule has 6 heteroatoms. The second-order valence-electron chi connectivity index (χ2n) is 6.03. The lowest BCUT2D eigenvalue weighted by molar-refractivity contribution is -0.136. The molecule has 2 unspecified atom stereocenters. The van der Waals surface area contributed by atoms with Gasteiger partial charge in [-0.3, -0.25) is 9.00 Å². The number of hydrogen-bond acceptors (Lipinski definition) is 3. The Morgan fingerprint density at radius 2 is 1.73 bits per heavy atom. The first-order valence-corrected chi connectivity index (χ1v) is 10.1. The number of aliphatic carboxylic acids is 1. The average molecular weight is 395 g/mol. The van der Waals surface area contributed by atoms with E-state index in [1.54, 1.807) is 31.4 Å². The van der Waals surface area contributed by atoms with E-state index in [9.17, 15) is 14.1 Å². The van der Waals surface area contributed by atoms with Crippen LogP contribution in [0.2, 0.25) is 5.02 Å². The lowest BCUT2D eigenvalue weighted by Gasteiger charge is -2.12. The van der Waals surface area contributed by atoms with Crippen molar-refractivity contribution in [3.8, 4) is 5.75 Å². The molecule has 140 valence electrons. The summed E-state index contributed by atoms with van der Waals surface area (Å²) in [5.74, 6) is -0.364. The third-order valence-electron chi connectivity index (χ3n) is 4.17. The maximum absolute atomic E-state index is 12.6. The number of unbranched alkanes of at least 4 members (excludes halogenated alkanes) is 2. The fourth-order valence-electron chi connectivity index (χ4n) is 2.68. The summed E-state index contributed by atoms with van der Waals surface area (Å²) in [4.78, 5) is 12.0.